The van der Waals surface area contributed by atoms with Crippen molar-refractivity contribution in [3.63, 3.8) is 0 Å². The average molecular weight is 764 g/mol. The third kappa shape index (κ3) is 5.78. The van der Waals surface area contributed by atoms with Crippen LogP contribution in [0.2, 0.25) is 0 Å². The van der Waals surface area contributed by atoms with E-state index in [1.54, 1.807) is 0 Å². The third-order valence-corrected chi connectivity index (χ3v) is 12.4. The lowest BCUT2D eigenvalue weighted by atomic mass is 9.68. The van der Waals surface area contributed by atoms with E-state index in [1.165, 1.54) is 77.5 Å². The minimum Gasteiger partial charge on any atom is -0.310 e. The Hall–Kier alpha value is -7.74. The SMILES string of the molecule is c1ccc(-c2ccc(N(c3ccc(-c4cccc5cccc(-c6ccccc6)c45)cc3)c3cccc4c3-c3ccccc3C4(c3ccccc3)c3ccccc3)cc2)cc1. The fraction of sp³-hybridized carbons (Fsp3) is 0.0169. The summed E-state index contributed by atoms with van der Waals surface area (Å²) in [5.41, 5.74) is 17.7. The Balaban J connectivity index is 1.12. The van der Waals surface area contributed by atoms with Crippen LogP contribution < -0.4 is 4.90 Å². The molecule has 0 bridgehead atoms. The summed E-state index contributed by atoms with van der Waals surface area (Å²) < 4.78 is 0. The predicted molar refractivity (Wildman–Crippen MR) is 252 cm³/mol. The van der Waals surface area contributed by atoms with Crippen LogP contribution in [0.5, 0.6) is 0 Å². The molecule has 0 fully saturated rings. The van der Waals surface area contributed by atoms with Gasteiger partial charge in [-0.2, -0.15) is 0 Å². The fourth-order valence-electron chi connectivity index (χ4n) is 9.75. The first-order valence-electron chi connectivity index (χ1n) is 20.8. The van der Waals surface area contributed by atoms with E-state index in [1.807, 2.05) is 0 Å². The lowest BCUT2D eigenvalue weighted by molar-refractivity contribution is 0.768. The second-order valence-electron chi connectivity index (χ2n) is 15.6. The van der Waals surface area contributed by atoms with Crippen LogP contribution in [0.25, 0.3) is 55.3 Å². The highest BCUT2D eigenvalue weighted by Crippen LogP contribution is 2.59. The maximum absolute atomic E-state index is 2.46. The monoisotopic (exact) mass is 763 g/mol. The van der Waals surface area contributed by atoms with Crippen LogP contribution in [-0.4, -0.2) is 0 Å². The summed E-state index contributed by atoms with van der Waals surface area (Å²) in [6.07, 6.45) is 0. The van der Waals surface area contributed by atoms with Gasteiger partial charge in [-0.25, -0.2) is 0 Å². The molecular weight excluding hydrogens is 723 g/mol. The molecule has 0 saturated carbocycles. The minimum absolute atomic E-state index is 0.498. The highest BCUT2D eigenvalue weighted by atomic mass is 15.1. The molecule has 0 saturated heterocycles. The zero-order valence-corrected chi connectivity index (χ0v) is 33.1. The molecular formula is C59H41N. The van der Waals surface area contributed by atoms with Crippen LogP contribution in [0, 0.1) is 0 Å². The summed E-state index contributed by atoms with van der Waals surface area (Å²) in [6, 6.07) is 90.9. The van der Waals surface area contributed by atoms with Gasteiger partial charge in [-0.05, 0) is 102 Å². The van der Waals surface area contributed by atoms with Crippen LogP contribution >= 0.6 is 0 Å². The van der Waals surface area contributed by atoms with Gasteiger partial charge in [0, 0.05) is 16.9 Å². The molecule has 1 aliphatic rings. The number of fused-ring (bicyclic) bond motifs is 4. The van der Waals surface area contributed by atoms with Crippen molar-refractivity contribution in [3.05, 3.63) is 271 Å². The van der Waals surface area contributed by atoms with Gasteiger partial charge in [0.1, 0.15) is 0 Å². The number of hydrogen-bond donors (Lipinski definition) is 0. The predicted octanol–water partition coefficient (Wildman–Crippen LogP) is 15.7. The number of anilines is 3. The molecule has 10 aromatic rings. The van der Waals surface area contributed by atoms with E-state index in [4.69, 9.17) is 0 Å². The maximum atomic E-state index is 2.46. The van der Waals surface area contributed by atoms with Crippen molar-refractivity contribution in [2.24, 2.45) is 0 Å². The molecule has 11 rings (SSSR count). The van der Waals surface area contributed by atoms with Crippen molar-refractivity contribution in [1.82, 2.24) is 0 Å². The Kier molecular flexibility index (Phi) is 8.79. The zero-order chi connectivity index (χ0) is 39.9. The Morgan fingerprint density at radius 3 is 1.28 bits per heavy atom. The molecule has 0 aromatic heterocycles. The summed E-state index contributed by atoms with van der Waals surface area (Å²) in [6.45, 7) is 0. The first-order chi connectivity index (χ1) is 29.8. The lowest BCUT2D eigenvalue weighted by Crippen LogP contribution is -2.28. The summed E-state index contributed by atoms with van der Waals surface area (Å²) in [7, 11) is 0. The van der Waals surface area contributed by atoms with E-state index in [0.29, 0.717) is 0 Å². The second-order valence-corrected chi connectivity index (χ2v) is 15.6. The summed E-state index contributed by atoms with van der Waals surface area (Å²) >= 11 is 0. The molecule has 0 amide bonds. The van der Waals surface area contributed by atoms with Crippen molar-refractivity contribution in [2.75, 3.05) is 4.90 Å². The van der Waals surface area contributed by atoms with Gasteiger partial charge in [0.2, 0.25) is 0 Å². The Bertz CT molecular complexity index is 3050. The van der Waals surface area contributed by atoms with Gasteiger partial charge in [0.15, 0.2) is 0 Å². The summed E-state index contributed by atoms with van der Waals surface area (Å²) in [5, 5.41) is 2.50. The van der Waals surface area contributed by atoms with Gasteiger partial charge in [0.25, 0.3) is 0 Å². The number of rotatable bonds is 8. The molecule has 0 aliphatic heterocycles. The molecule has 282 valence electrons. The van der Waals surface area contributed by atoms with Gasteiger partial charge in [-0.15, -0.1) is 0 Å². The molecule has 60 heavy (non-hydrogen) atoms. The third-order valence-electron chi connectivity index (χ3n) is 12.4. The number of nitrogens with zero attached hydrogens (tertiary/aromatic N) is 1. The van der Waals surface area contributed by atoms with Crippen molar-refractivity contribution in [3.8, 4) is 44.5 Å². The van der Waals surface area contributed by atoms with E-state index < -0.39 is 5.41 Å². The normalized spacial score (nSPS) is 12.5. The van der Waals surface area contributed by atoms with Crippen molar-refractivity contribution in [1.29, 1.82) is 0 Å². The molecule has 0 radical (unpaired) electrons. The highest BCUT2D eigenvalue weighted by Gasteiger charge is 2.47. The quantitative estimate of drug-likeness (QED) is 0.149. The number of hydrogen-bond acceptors (Lipinski definition) is 1. The molecule has 1 aliphatic carbocycles. The maximum Gasteiger partial charge on any atom is 0.0714 e. The lowest BCUT2D eigenvalue weighted by Gasteiger charge is -2.34. The van der Waals surface area contributed by atoms with E-state index >= 15 is 0 Å². The Morgan fingerprint density at radius 2 is 0.700 bits per heavy atom. The summed E-state index contributed by atoms with van der Waals surface area (Å²) in [5.74, 6) is 0. The topological polar surface area (TPSA) is 3.24 Å². The molecule has 10 aromatic carbocycles. The molecule has 0 atom stereocenters. The van der Waals surface area contributed by atoms with E-state index in [9.17, 15) is 0 Å². The first-order valence-corrected chi connectivity index (χ1v) is 20.8. The minimum atomic E-state index is -0.498. The zero-order valence-electron chi connectivity index (χ0n) is 33.1. The van der Waals surface area contributed by atoms with Gasteiger partial charge < -0.3 is 4.90 Å². The van der Waals surface area contributed by atoms with Gasteiger partial charge in [-0.3, -0.25) is 0 Å². The molecule has 0 spiro atoms. The van der Waals surface area contributed by atoms with Crippen LogP contribution in [0.15, 0.2) is 249 Å². The van der Waals surface area contributed by atoms with E-state index in [-0.39, 0.29) is 0 Å². The van der Waals surface area contributed by atoms with Crippen LogP contribution in [-0.2, 0) is 5.41 Å². The van der Waals surface area contributed by atoms with Crippen LogP contribution in [0.3, 0.4) is 0 Å². The number of benzene rings is 10. The Labute approximate surface area is 352 Å². The van der Waals surface area contributed by atoms with Crippen molar-refractivity contribution in [2.45, 2.75) is 5.41 Å². The standard InChI is InChI=1S/C59H41N/c1-5-18-42(19-6-1)43-34-38-49(39-35-43)60(50-40-36-45(37-41-50)52-30-16-23-46-22-15-29-51(57(46)52)44-20-7-2-8-21-44)56-33-17-32-55-58(56)53-28-13-14-31-54(53)59(55,47-24-9-3-10-25-47)48-26-11-4-12-27-48/h1-41H. The van der Waals surface area contributed by atoms with Gasteiger partial charge in [-0.1, -0.05) is 218 Å². The molecule has 0 heterocycles. The van der Waals surface area contributed by atoms with Crippen LogP contribution in [0.1, 0.15) is 22.3 Å². The van der Waals surface area contributed by atoms with Crippen molar-refractivity contribution < 1.29 is 0 Å². The van der Waals surface area contributed by atoms with Gasteiger partial charge >= 0.3 is 0 Å². The first kappa shape index (κ1) is 35.4. The average Bonchev–Trinajstić information content (AvgIpc) is 3.64. The molecule has 1 nitrogen and oxygen atoms in total. The van der Waals surface area contributed by atoms with Gasteiger partial charge in [0.05, 0.1) is 11.1 Å². The second kappa shape index (κ2) is 14.9. The summed E-state index contributed by atoms with van der Waals surface area (Å²) in [4.78, 5) is 2.46. The van der Waals surface area contributed by atoms with Crippen molar-refractivity contribution >= 4 is 27.8 Å². The molecule has 0 unspecified atom stereocenters. The Morgan fingerprint density at radius 1 is 0.283 bits per heavy atom. The van der Waals surface area contributed by atoms with Crippen LogP contribution in [0.4, 0.5) is 17.1 Å². The van der Waals surface area contributed by atoms with E-state index in [2.05, 4.69) is 254 Å². The molecule has 0 N–H and O–H groups in total. The largest absolute Gasteiger partial charge is 0.310 e. The smallest absolute Gasteiger partial charge is 0.0714 e. The van der Waals surface area contributed by atoms with E-state index in [0.717, 1.165) is 17.1 Å². The molecule has 1 heteroatoms. The fourth-order valence-corrected chi connectivity index (χ4v) is 9.75. The highest BCUT2D eigenvalue weighted by molar-refractivity contribution is 6.06.